The number of benzene rings is 1. The SMILES string of the molecule is COc1ccc(F)c(O[C@H]2C[C@@H]3CN(CC(=O)c4ccc(O)cn4)C[C@@H]3C2)c1F. The van der Waals surface area contributed by atoms with E-state index in [1.807, 2.05) is 0 Å². The number of aromatic hydroxyl groups is 1. The monoisotopic (exact) mass is 404 g/mol. The van der Waals surface area contributed by atoms with Crippen LogP contribution in [0, 0.1) is 23.5 Å². The summed E-state index contributed by atoms with van der Waals surface area (Å²) in [6.45, 7) is 1.73. The van der Waals surface area contributed by atoms with Crippen LogP contribution in [0.1, 0.15) is 23.3 Å². The van der Waals surface area contributed by atoms with Crippen molar-refractivity contribution >= 4 is 5.78 Å². The number of ether oxygens (including phenoxy) is 2. The van der Waals surface area contributed by atoms with E-state index in [9.17, 15) is 18.7 Å². The molecule has 4 rings (SSSR count). The fraction of sp³-hybridized carbons (Fsp3) is 0.429. The van der Waals surface area contributed by atoms with Gasteiger partial charge in [0.25, 0.3) is 0 Å². The minimum absolute atomic E-state index is 0.0206. The van der Waals surface area contributed by atoms with Gasteiger partial charge in [-0.2, -0.15) is 4.39 Å². The van der Waals surface area contributed by atoms with E-state index in [1.54, 1.807) is 0 Å². The quantitative estimate of drug-likeness (QED) is 0.747. The Hall–Kier alpha value is -2.74. The number of rotatable bonds is 6. The minimum atomic E-state index is -0.821. The van der Waals surface area contributed by atoms with Crippen LogP contribution in [-0.4, -0.2) is 53.6 Å². The molecule has 1 aliphatic carbocycles. The summed E-state index contributed by atoms with van der Waals surface area (Å²) in [5, 5.41) is 9.28. The zero-order chi connectivity index (χ0) is 20.5. The summed E-state index contributed by atoms with van der Waals surface area (Å²) in [5.41, 5.74) is 0.324. The number of aromatic nitrogens is 1. The Morgan fingerprint density at radius 1 is 1.21 bits per heavy atom. The number of Topliss-reactive ketones (excluding diaryl/α,β-unsaturated/α-hetero) is 1. The molecule has 0 amide bonds. The van der Waals surface area contributed by atoms with E-state index in [2.05, 4.69) is 9.88 Å². The number of carbonyl (C=O) groups excluding carboxylic acids is 1. The van der Waals surface area contributed by atoms with E-state index < -0.39 is 11.6 Å². The van der Waals surface area contributed by atoms with Crippen molar-refractivity contribution < 1.29 is 28.2 Å². The molecule has 0 unspecified atom stereocenters. The van der Waals surface area contributed by atoms with Crippen molar-refractivity contribution in [3.8, 4) is 17.2 Å². The van der Waals surface area contributed by atoms with Gasteiger partial charge in [0.2, 0.25) is 5.82 Å². The number of pyridine rings is 1. The third-order valence-electron chi connectivity index (χ3n) is 5.70. The molecule has 1 aromatic carbocycles. The Kier molecular flexibility index (Phi) is 5.36. The van der Waals surface area contributed by atoms with E-state index in [1.165, 1.54) is 31.5 Å². The van der Waals surface area contributed by atoms with Crippen LogP contribution in [0.2, 0.25) is 0 Å². The predicted octanol–water partition coefficient (Wildman–Crippen LogP) is 3.05. The van der Waals surface area contributed by atoms with Crippen LogP contribution < -0.4 is 9.47 Å². The van der Waals surface area contributed by atoms with Gasteiger partial charge in [-0.1, -0.05) is 0 Å². The van der Waals surface area contributed by atoms with Crippen molar-refractivity contribution in [1.82, 2.24) is 9.88 Å². The number of likely N-dealkylation sites (tertiary alicyclic amines) is 1. The zero-order valence-electron chi connectivity index (χ0n) is 16.0. The summed E-state index contributed by atoms with van der Waals surface area (Å²) in [6.07, 6.45) is 2.36. The Balaban J connectivity index is 1.34. The first-order valence-electron chi connectivity index (χ1n) is 9.53. The maximum atomic E-state index is 14.3. The van der Waals surface area contributed by atoms with Crippen LogP contribution in [0.15, 0.2) is 30.5 Å². The second kappa shape index (κ2) is 7.94. The second-order valence-electron chi connectivity index (χ2n) is 7.64. The highest BCUT2D eigenvalue weighted by Crippen LogP contribution is 2.41. The average molecular weight is 404 g/mol. The lowest BCUT2D eigenvalue weighted by Crippen LogP contribution is -2.30. The fourth-order valence-corrected chi connectivity index (χ4v) is 4.35. The van der Waals surface area contributed by atoms with Gasteiger partial charge in [-0.3, -0.25) is 9.69 Å². The Morgan fingerprint density at radius 2 is 1.93 bits per heavy atom. The Morgan fingerprint density at radius 3 is 2.55 bits per heavy atom. The molecule has 8 heteroatoms. The maximum absolute atomic E-state index is 14.3. The van der Waals surface area contributed by atoms with E-state index in [4.69, 9.17) is 9.47 Å². The standard InChI is InChI=1S/C21H22F2N2O4/c1-28-19-5-3-16(22)21(20(19)23)29-15-6-12-9-25(10-13(12)7-15)11-18(27)17-4-2-14(26)8-24-17/h2-5,8,12-13,15,26H,6-7,9-11H2,1H3/t12-,13+,15+. The van der Waals surface area contributed by atoms with Crippen LogP contribution in [0.25, 0.3) is 0 Å². The number of nitrogens with zero attached hydrogens (tertiary/aromatic N) is 2. The van der Waals surface area contributed by atoms with Gasteiger partial charge in [0.05, 0.1) is 26.0 Å². The molecule has 3 atom stereocenters. The molecule has 2 aromatic rings. The third kappa shape index (κ3) is 4.03. The van der Waals surface area contributed by atoms with Crippen LogP contribution in [0.3, 0.4) is 0 Å². The maximum Gasteiger partial charge on any atom is 0.209 e. The molecule has 2 aliphatic rings. The molecule has 0 bridgehead atoms. The van der Waals surface area contributed by atoms with Crippen LogP contribution in [0.4, 0.5) is 8.78 Å². The third-order valence-corrected chi connectivity index (χ3v) is 5.70. The topological polar surface area (TPSA) is 71.9 Å². The highest BCUT2D eigenvalue weighted by atomic mass is 19.1. The van der Waals surface area contributed by atoms with Crippen molar-refractivity contribution in [2.24, 2.45) is 11.8 Å². The van der Waals surface area contributed by atoms with E-state index in [0.717, 1.165) is 19.2 Å². The van der Waals surface area contributed by atoms with Gasteiger partial charge in [0.15, 0.2) is 23.1 Å². The largest absolute Gasteiger partial charge is 0.506 e. The molecule has 2 fully saturated rings. The number of hydrogen-bond acceptors (Lipinski definition) is 6. The van der Waals surface area contributed by atoms with Crippen molar-refractivity contribution in [3.63, 3.8) is 0 Å². The summed E-state index contributed by atoms with van der Waals surface area (Å²) in [6, 6.07) is 5.32. The molecule has 154 valence electrons. The van der Waals surface area contributed by atoms with E-state index >= 15 is 0 Å². The first-order chi connectivity index (χ1) is 13.9. The summed E-state index contributed by atoms with van der Waals surface area (Å²) >= 11 is 0. The highest BCUT2D eigenvalue weighted by Gasteiger charge is 2.42. The number of carbonyl (C=O) groups is 1. The highest BCUT2D eigenvalue weighted by molar-refractivity contribution is 5.95. The first kappa shape index (κ1) is 19.6. The number of methoxy groups -OCH3 is 1. The zero-order valence-corrected chi connectivity index (χ0v) is 16.0. The molecule has 2 heterocycles. The molecule has 0 radical (unpaired) electrons. The van der Waals surface area contributed by atoms with Crippen molar-refractivity contribution in [1.29, 1.82) is 0 Å². The molecular formula is C21H22F2N2O4. The lowest BCUT2D eigenvalue weighted by molar-refractivity contribution is 0.0931. The summed E-state index contributed by atoms with van der Waals surface area (Å²) < 4.78 is 38.9. The molecule has 1 saturated heterocycles. The van der Waals surface area contributed by atoms with Gasteiger partial charge in [-0.25, -0.2) is 9.37 Å². The van der Waals surface area contributed by atoms with Crippen LogP contribution in [0.5, 0.6) is 17.2 Å². The summed E-state index contributed by atoms with van der Waals surface area (Å²) in [5.74, 6) is -1.45. The van der Waals surface area contributed by atoms with Crippen molar-refractivity contribution in [2.75, 3.05) is 26.7 Å². The van der Waals surface area contributed by atoms with Crippen molar-refractivity contribution in [3.05, 3.63) is 47.8 Å². The Labute approximate surface area is 167 Å². The second-order valence-corrected chi connectivity index (χ2v) is 7.64. The lowest BCUT2D eigenvalue weighted by atomic mass is 10.0. The average Bonchev–Trinajstić information content (AvgIpc) is 3.23. The van der Waals surface area contributed by atoms with Gasteiger partial charge in [0, 0.05) is 13.1 Å². The number of fused-ring (bicyclic) bond motifs is 1. The van der Waals surface area contributed by atoms with Crippen LogP contribution in [-0.2, 0) is 0 Å². The molecule has 1 saturated carbocycles. The number of halogens is 2. The molecular weight excluding hydrogens is 382 g/mol. The smallest absolute Gasteiger partial charge is 0.209 e. The van der Waals surface area contributed by atoms with Gasteiger partial charge in [0.1, 0.15) is 11.4 Å². The molecule has 1 aliphatic heterocycles. The summed E-state index contributed by atoms with van der Waals surface area (Å²) in [4.78, 5) is 18.4. The number of ketones is 1. The van der Waals surface area contributed by atoms with Gasteiger partial charge in [-0.15, -0.1) is 0 Å². The molecule has 29 heavy (non-hydrogen) atoms. The lowest BCUT2D eigenvalue weighted by Gasteiger charge is -2.20. The van der Waals surface area contributed by atoms with Gasteiger partial charge < -0.3 is 14.6 Å². The van der Waals surface area contributed by atoms with Crippen molar-refractivity contribution in [2.45, 2.75) is 18.9 Å². The minimum Gasteiger partial charge on any atom is -0.506 e. The van der Waals surface area contributed by atoms with Gasteiger partial charge in [-0.05, 0) is 48.9 Å². The van der Waals surface area contributed by atoms with Gasteiger partial charge >= 0.3 is 0 Å². The molecule has 0 spiro atoms. The number of hydrogen-bond donors (Lipinski definition) is 1. The normalized spacial score (nSPS) is 23.8. The molecule has 1 N–H and O–H groups in total. The predicted molar refractivity (Wildman–Crippen MR) is 100 cm³/mol. The van der Waals surface area contributed by atoms with E-state index in [-0.39, 0.29) is 35.7 Å². The summed E-state index contributed by atoms with van der Waals surface area (Å²) in [7, 11) is 1.32. The molecule has 6 nitrogen and oxygen atoms in total. The molecule has 1 aromatic heterocycles. The fourth-order valence-electron chi connectivity index (χ4n) is 4.35. The van der Waals surface area contributed by atoms with Crippen LogP contribution >= 0.6 is 0 Å². The Bertz CT molecular complexity index is 892. The van der Waals surface area contributed by atoms with E-state index in [0.29, 0.717) is 30.4 Å². The first-order valence-corrected chi connectivity index (χ1v) is 9.53.